The molecule has 6 heteroatoms. The molecule has 0 saturated carbocycles. The van der Waals surface area contributed by atoms with Gasteiger partial charge in [-0.1, -0.05) is 35.0 Å². The fraction of sp³-hybridized carbons (Fsp3) is 0.385. The molecule has 1 unspecified atom stereocenters. The van der Waals surface area contributed by atoms with E-state index in [2.05, 4.69) is 10.1 Å². The van der Waals surface area contributed by atoms with Crippen LogP contribution in [0, 0.1) is 13.8 Å². The van der Waals surface area contributed by atoms with Crippen molar-refractivity contribution in [2.75, 3.05) is 0 Å². The first-order chi connectivity index (χ1) is 8.88. The van der Waals surface area contributed by atoms with Crippen molar-refractivity contribution < 1.29 is 12.9 Å². The number of nitrogens with zero attached hydrogens (tertiary/aromatic N) is 2. The van der Waals surface area contributed by atoms with Crippen LogP contribution in [-0.4, -0.2) is 18.6 Å². The van der Waals surface area contributed by atoms with Crippen molar-refractivity contribution >= 4 is 9.84 Å². The molecule has 1 aromatic heterocycles. The zero-order chi connectivity index (χ0) is 14.0. The van der Waals surface area contributed by atoms with Crippen LogP contribution < -0.4 is 0 Å². The van der Waals surface area contributed by atoms with Crippen LogP contribution in [0.4, 0.5) is 0 Å². The molecular weight excluding hydrogens is 264 g/mol. The Balaban J connectivity index is 2.23. The Labute approximate surface area is 112 Å². The van der Waals surface area contributed by atoms with Gasteiger partial charge in [-0.15, -0.1) is 0 Å². The Morgan fingerprint density at radius 1 is 1.32 bits per heavy atom. The van der Waals surface area contributed by atoms with Crippen LogP contribution in [0.15, 0.2) is 28.8 Å². The van der Waals surface area contributed by atoms with E-state index in [-0.39, 0.29) is 11.6 Å². The molecule has 1 atom stereocenters. The summed E-state index contributed by atoms with van der Waals surface area (Å²) >= 11 is 0. The molecule has 0 radical (unpaired) electrons. The summed E-state index contributed by atoms with van der Waals surface area (Å²) in [5.74, 6) is 0.551. The van der Waals surface area contributed by atoms with E-state index in [4.69, 9.17) is 4.52 Å². The fourth-order valence-electron chi connectivity index (χ4n) is 1.79. The predicted octanol–water partition coefficient (Wildman–Crippen LogP) is 2.36. The minimum Gasteiger partial charge on any atom is -0.338 e. The fourth-order valence-corrected chi connectivity index (χ4v) is 3.09. The van der Waals surface area contributed by atoms with Gasteiger partial charge < -0.3 is 4.52 Å². The Morgan fingerprint density at radius 3 is 2.63 bits per heavy atom. The van der Waals surface area contributed by atoms with Gasteiger partial charge in [0.25, 0.3) is 0 Å². The number of aryl methyl sites for hydroxylation is 2. The maximum absolute atomic E-state index is 12.3. The highest BCUT2D eigenvalue weighted by Gasteiger charge is 2.27. The number of rotatable bonds is 4. The standard InChI is InChI=1S/C13H16N2O3S/c1-9-5-4-6-12(7-9)8-19(16,17)10(2)13-14-11(3)15-18-13/h4-7,10H,8H2,1-3H3. The topological polar surface area (TPSA) is 73.1 Å². The van der Waals surface area contributed by atoms with E-state index in [0.29, 0.717) is 5.82 Å². The third-order valence-corrected chi connectivity index (χ3v) is 4.89. The maximum Gasteiger partial charge on any atom is 0.244 e. The quantitative estimate of drug-likeness (QED) is 0.859. The van der Waals surface area contributed by atoms with E-state index >= 15 is 0 Å². The summed E-state index contributed by atoms with van der Waals surface area (Å²) in [5.41, 5.74) is 1.80. The van der Waals surface area contributed by atoms with E-state index in [9.17, 15) is 8.42 Å². The van der Waals surface area contributed by atoms with Crippen molar-refractivity contribution in [3.63, 3.8) is 0 Å². The third-order valence-electron chi connectivity index (χ3n) is 2.88. The van der Waals surface area contributed by atoms with Crippen molar-refractivity contribution in [1.82, 2.24) is 10.1 Å². The van der Waals surface area contributed by atoms with Gasteiger partial charge in [0.2, 0.25) is 5.89 Å². The monoisotopic (exact) mass is 280 g/mol. The van der Waals surface area contributed by atoms with Crippen molar-refractivity contribution in [1.29, 1.82) is 0 Å². The molecule has 1 heterocycles. The summed E-state index contributed by atoms with van der Waals surface area (Å²) in [6, 6.07) is 7.45. The lowest BCUT2D eigenvalue weighted by atomic mass is 10.2. The minimum absolute atomic E-state index is 0.0305. The number of aromatic nitrogens is 2. The lowest BCUT2D eigenvalue weighted by Gasteiger charge is -2.09. The van der Waals surface area contributed by atoms with Crippen molar-refractivity contribution in [3.8, 4) is 0 Å². The first-order valence-electron chi connectivity index (χ1n) is 5.96. The zero-order valence-electron chi connectivity index (χ0n) is 11.1. The number of benzene rings is 1. The first kappa shape index (κ1) is 13.7. The largest absolute Gasteiger partial charge is 0.338 e. The number of hydrogen-bond acceptors (Lipinski definition) is 5. The summed E-state index contributed by atoms with van der Waals surface area (Å²) < 4.78 is 29.5. The van der Waals surface area contributed by atoms with Crippen molar-refractivity contribution in [2.24, 2.45) is 0 Å². The Kier molecular flexibility index (Phi) is 3.71. The Hall–Kier alpha value is -1.69. The van der Waals surface area contributed by atoms with Gasteiger partial charge in [0.1, 0.15) is 5.25 Å². The van der Waals surface area contributed by atoms with Crippen LogP contribution in [0.2, 0.25) is 0 Å². The molecule has 2 aromatic rings. The first-order valence-corrected chi connectivity index (χ1v) is 7.67. The highest BCUT2D eigenvalue weighted by Crippen LogP contribution is 2.24. The van der Waals surface area contributed by atoms with Crippen LogP contribution >= 0.6 is 0 Å². The highest BCUT2D eigenvalue weighted by atomic mass is 32.2. The van der Waals surface area contributed by atoms with E-state index in [1.807, 2.05) is 25.1 Å². The van der Waals surface area contributed by atoms with Gasteiger partial charge in [-0.3, -0.25) is 0 Å². The average molecular weight is 280 g/mol. The summed E-state index contributed by atoms with van der Waals surface area (Å²) in [5, 5.41) is 2.82. The van der Waals surface area contributed by atoms with Crippen LogP contribution in [-0.2, 0) is 15.6 Å². The molecule has 0 fully saturated rings. The molecule has 0 aliphatic rings. The lowest BCUT2D eigenvalue weighted by Crippen LogP contribution is -2.13. The number of hydrogen-bond donors (Lipinski definition) is 0. The molecular formula is C13H16N2O3S. The van der Waals surface area contributed by atoms with Crippen LogP contribution in [0.1, 0.15) is 35.0 Å². The number of sulfone groups is 1. The minimum atomic E-state index is -3.37. The molecule has 19 heavy (non-hydrogen) atoms. The maximum atomic E-state index is 12.3. The molecule has 102 valence electrons. The smallest absolute Gasteiger partial charge is 0.244 e. The van der Waals surface area contributed by atoms with Gasteiger partial charge in [-0.25, -0.2) is 8.42 Å². The van der Waals surface area contributed by atoms with E-state index in [1.54, 1.807) is 19.9 Å². The Bertz CT molecular complexity index is 677. The normalized spacial score (nSPS) is 13.4. The molecule has 0 saturated heterocycles. The van der Waals surface area contributed by atoms with Gasteiger partial charge >= 0.3 is 0 Å². The SMILES string of the molecule is Cc1cccc(CS(=O)(=O)C(C)c2nc(C)no2)c1. The second kappa shape index (κ2) is 5.13. The highest BCUT2D eigenvalue weighted by molar-refractivity contribution is 7.90. The Morgan fingerprint density at radius 2 is 2.05 bits per heavy atom. The van der Waals surface area contributed by atoms with Crippen LogP contribution in [0.5, 0.6) is 0 Å². The van der Waals surface area contributed by atoms with Crippen molar-refractivity contribution in [3.05, 3.63) is 47.1 Å². The van der Waals surface area contributed by atoms with Crippen molar-refractivity contribution in [2.45, 2.75) is 31.8 Å². The molecule has 0 aliphatic carbocycles. The summed E-state index contributed by atoms with van der Waals surface area (Å²) in [6.07, 6.45) is 0. The average Bonchev–Trinajstić information content (AvgIpc) is 2.74. The molecule has 0 amide bonds. The third kappa shape index (κ3) is 3.20. The van der Waals surface area contributed by atoms with E-state index < -0.39 is 15.1 Å². The second-order valence-electron chi connectivity index (χ2n) is 4.62. The summed E-state index contributed by atoms with van der Waals surface area (Å²) in [4.78, 5) is 3.98. The van der Waals surface area contributed by atoms with Crippen LogP contribution in [0.3, 0.4) is 0 Å². The van der Waals surface area contributed by atoms with Gasteiger partial charge in [0.05, 0.1) is 5.75 Å². The molecule has 0 N–H and O–H groups in total. The van der Waals surface area contributed by atoms with E-state index in [0.717, 1.165) is 11.1 Å². The zero-order valence-corrected chi connectivity index (χ0v) is 11.9. The lowest BCUT2D eigenvalue weighted by molar-refractivity contribution is 0.373. The molecule has 0 aliphatic heterocycles. The molecule has 2 rings (SSSR count). The molecule has 1 aromatic carbocycles. The molecule has 5 nitrogen and oxygen atoms in total. The van der Waals surface area contributed by atoms with Gasteiger partial charge in [-0.05, 0) is 26.3 Å². The van der Waals surface area contributed by atoms with E-state index in [1.165, 1.54) is 0 Å². The van der Waals surface area contributed by atoms with Gasteiger partial charge in [0.15, 0.2) is 15.7 Å². The summed E-state index contributed by atoms with van der Waals surface area (Å²) in [6.45, 7) is 5.16. The van der Waals surface area contributed by atoms with Gasteiger partial charge in [-0.2, -0.15) is 4.98 Å². The van der Waals surface area contributed by atoms with Crippen LogP contribution in [0.25, 0.3) is 0 Å². The molecule has 0 spiro atoms. The van der Waals surface area contributed by atoms with Gasteiger partial charge in [0, 0.05) is 0 Å². The second-order valence-corrected chi connectivity index (χ2v) is 6.94. The predicted molar refractivity (Wildman–Crippen MR) is 71.3 cm³/mol. The summed E-state index contributed by atoms with van der Waals surface area (Å²) in [7, 11) is -3.37. The molecule has 0 bridgehead atoms.